The van der Waals surface area contributed by atoms with Gasteiger partial charge in [0.15, 0.2) is 0 Å². The molecular formula is C18H28N4O. The summed E-state index contributed by atoms with van der Waals surface area (Å²) >= 11 is 0. The van der Waals surface area contributed by atoms with Gasteiger partial charge in [-0.05, 0) is 25.5 Å². The summed E-state index contributed by atoms with van der Waals surface area (Å²) in [5.41, 5.74) is 1.75. The van der Waals surface area contributed by atoms with Gasteiger partial charge in [0.1, 0.15) is 0 Å². The van der Waals surface area contributed by atoms with Gasteiger partial charge in [-0.25, -0.2) is 0 Å². The van der Waals surface area contributed by atoms with Crippen molar-refractivity contribution in [1.29, 1.82) is 0 Å². The van der Waals surface area contributed by atoms with Crippen LogP contribution < -0.4 is 10.2 Å². The molecule has 0 radical (unpaired) electrons. The molecule has 23 heavy (non-hydrogen) atoms. The number of carbonyl (C=O) groups excluding carboxylic acids is 1. The van der Waals surface area contributed by atoms with Crippen molar-refractivity contribution in [2.24, 2.45) is 0 Å². The maximum absolute atomic E-state index is 12.5. The molecule has 1 saturated carbocycles. The average Bonchev–Trinajstić information content (AvgIpc) is 2.63. The summed E-state index contributed by atoms with van der Waals surface area (Å²) < 4.78 is 0. The van der Waals surface area contributed by atoms with Crippen LogP contribution in [0.2, 0.25) is 0 Å². The lowest BCUT2D eigenvalue weighted by Gasteiger charge is -2.35. The van der Waals surface area contributed by atoms with Crippen LogP contribution in [-0.2, 0) is 0 Å². The largest absolute Gasteiger partial charge is 0.368 e. The molecule has 1 saturated heterocycles. The van der Waals surface area contributed by atoms with E-state index in [0.29, 0.717) is 11.6 Å². The third-order valence-electron chi connectivity index (χ3n) is 5.11. The van der Waals surface area contributed by atoms with E-state index in [-0.39, 0.29) is 5.91 Å². The molecule has 2 heterocycles. The number of hydrogen-bond acceptors (Lipinski definition) is 4. The average molecular weight is 316 g/mol. The number of pyridine rings is 1. The molecule has 2 aliphatic rings. The number of hydrogen-bond donors (Lipinski definition) is 1. The quantitative estimate of drug-likeness (QED) is 0.926. The van der Waals surface area contributed by atoms with E-state index in [1.165, 1.54) is 19.3 Å². The van der Waals surface area contributed by atoms with Gasteiger partial charge in [-0.2, -0.15) is 0 Å². The minimum atomic E-state index is 0.0263. The lowest BCUT2D eigenvalue weighted by Crippen LogP contribution is -2.46. The Hall–Kier alpha value is -1.62. The Kier molecular flexibility index (Phi) is 5.49. The first-order valence-electron chi connectivity index (χ1n) is 8.99. The van der Waals surface area contributed by atoms with E-state index in [0.717, 1.165) is 51.3 Å². The number of aromatic nitrogens is 1. The molecule has 1 aliphatic heterocycles. The first-order chi connectivity index (χ1) is 11.3. The lowest BCUT2D eigenvalue weighted by molar-refractivity contribution is 0.0927. The summed E-state index contributed by atoms with van der Waals surface area (Å²) in [5.74, 6) is 0.0263. The molecule has 5 nitrogen and oxygen atoms in total. The molecule has 5 heteroatoms. The number of nitrogens with one attached hydrogen (secondary N) is 1. The SMILES string of the molecule is CCN1CCN(c2cncc(C(=O)NC3CCCCC3)c2)CC1. The fourth-order valence-electron chi connectivity index (χ4n) is 3.56. The van der Waals surface area contributed by atoms with Crippen molar-refractivity contribution >= 4 is 11.6 Å². The van der Waals surface area contributed by atoms with Crippen LogP contribution in [0.15, 0.2) is 18.5 Å². The van der Waals surface area contributed by atoms with E-state index in [1.807, 2.05) is 12.3 Å². The van der Waals surface area contributed by atoms with E-state index in [1.54, 1.807) is 6.20 Å². The zero-order valence-electron chi connectivity index (χ0n) is 14.1. The summed E-state index contributed by atoms with van der Waals surface area (Å²) in [4.78, 5) is 21.5. The van der Waals surface area contributed by atoms with E-state index < -0.39 is 0 Å². The van der Waals surface area contributed by atoms with Gasteiger partial charge in [0.2, 0.25) is 0 Å². The zero-order valence-corrected chi connectivity index (χ0v) is 14.1. The second-order valence-electron chi connectivity index (χ2n) is 6.66. The van der Waals surface area contributed by atoms with Gasteiger partial charge in [-0.3, -0.25) is 9.78 Å². The van der Waals surface area contributed by atoms with Crippen molar-refractivity contribution in [2.75, 3.05) is 37.6 Å². The second-order valence-corrected chi connectivity index (χ2v) is 6.66. The van der Waals surface area contributed by atoms with Crippen molar-refractivity contribution in [3.8, 4) is 0 Å². The topological polar surface area (TPSA) is 48.5 Å². The monoisotopic (exact) mass is 316 g/mol. The third kappa shape index (κ3) is 4.22. The van der Waals surface area contributed by atoms with Crippen LogP contribution in [-0.4, -0.2) is 54.6 Å². The van der Waals surface area contributed by atoms with Crippen LogP contribution in [0.4, 0.5) is 5.69 Å². The Morgan fingerprint density at radius 1 is 1.17 bits per heavy atom. The number of carbonyl (C=O) groups is 1. The van der Waals surface area contributed by atoms with Gasteiger partial charge in [0.05, 0.1) is 17.4 Å². The number of piperazine rings is 1. The molecule has 1 aromatic rings. The molecule has 0 bridgehead atoms. The van der Waals surface area contributed by atoms with Crippen molar-refractivity contribution < 1.29 is 4.79 Å². The van der Waals surface area contributed by atoms with Crippen LogP contribution in [0.25, 0.3) is 0 Å². The standard InChI is InChI=1S/C18H28N4O/c1-2-21-8-10-22(11-9-21)17-12-15(13-19-14-17)18(23)20-16-6-4-3-5-7-16/h12-14,16H,2-11H2,1H3,(H,20,23). The molecule has 3 rings (SSSR count). The summed E-state index contributed by atoms with van der Waals surface area (Å²) in [5, 5.41) is 3.18. The van der Waals surface area contributed by atoms with Gasteiger partial charge in [0, 0.05) is 38.4 Å². The van der Waals surface area contributed by atoms with Crippen molar-refractivity contribution in [3.05, 3.63) is 24.0 Å². The fourth-order valence-corrected chi connectivity index (χ4v) is 3.56. The number of nitrogens with zero attached hydrogens (tertiary/aromatic N) is 3. The molecule has 1 aliphatic carbocycles. The molecule has 0 unspecified atom stereocenters. The minimum absolute atomic E-state index is 0.0263. The Morgan fingerprint density at radius 3 is 2.61 bits per heavy atom. The van der Waals surface area contributed by atoms with Crippen LogP contribution >= 0.6 is 0 Å². The number of amides is 1. The smallest absolute Gasteiger partial charge is 0.253 e. The first kappa shape index (κ1) is 16.2. The highest BCUT2D eigenvalue weighted by Gasteiger charge is 2.19. The van der Waals surface area contributed by atoms with Gasteiger partial charge in [-0.1, -0.05) is 26.2 Å². The maximum atomic E-state index is 12.5. The van der Waals surface area contributed by atoms with Crippen LogP contribution in [0, 0.1) is 0 Å². The molecule has 2 fully saturated rings. The van der Waals surface area contributed by atoms with Crippen LogP contribution in [0.3, 0.4) is 0 Å². The van der Waals surface area contributed by atoms with E-state index in [4.69, 9.17) is 0 Å². The molecule has 1 N–H and O–H groups in total. The maximum Gasteiger partial charge on any atom is 0.253 e. The van der Waals surface area contributed by atoms with E-state index in [9.17, 15) is 4.79 Å². The van der Waals surface area contributed by atoms with Crippen LogP contribution in [0.5, 0.6) is 0 Å². The Bertz CT molecular complexity index is 520. The van der Waals surface area contributed by atoms with Gasteiger partial charge >= 0.3 is 0 Å². The molecule has 1 aromatic heterocycles. The molecule has 0 aromatic carbocycles. The van der Waals surface area contributed by atoms with Gasteiger partial charge in [-0.15, -0.1) is 0 Å². The normalized spacial score (nSPS) is 20.5. The van der Waals surface area contributed by atoms with Crippen molar-refractivity contribution in [2.45, 2.75) is 45.1 Å². The minimum Gasteiger partial charge on any atom is -0.368 e. The summed E-state index contributed by atoms with van der Waals surface area (Å²) in [6, 6.07) is 2.33. The van der Waals surface area contributed by atoms with Crippen molar-refractivity contribution in [3.63, 3.8) is 0 Å². The Morgan fingerprint density at radius 2 is 1.91 bits per heavy atom. The number of rotatable bonds is 4. The fraction of sp³-hybridized carbons (Fsp3) is 0.667. The Balaban J connectivity index is 1.61. The highest BCUT2D eigenvalue weighted by molar-refractivity contribution is 5.94. The number of likely N-dealkylation sites (N-methyl/N-ethyl adjacent to an activating group) is 1. The number of anilines is 1. The Labute approximate surface area is 139 Å². The highest BCUT2D eigenvalue weighted by Crippen LogP contribution is 2.19. The summed E-state index contributed by atoms with van der Waals surface area (Å²) in [6.45, 7) is 7.47. The second kappa shape index (κ2) is 7.77. The highest BCUT2D eigenvalue weighted by atomic mass is 16.1. The first-order valence-corrected chi connectivity index (χ1v) is 8.99. The lowest BCUT2D eigenvalue weighted by atomic mass is 9.95. The zero-order chi connectivity index (χ0) is 16.1. The summed E-state index contributed by atoms with van der Waals surface area (Å²) in [7, 11) is 0. The molecular weight excluding hydrogens is 288 g/mol. The molecule has 1 amide bonds. The van der Waals surface area contributed by atoms with E-state index in [2.05, 4.69) is 27.0 Å². The van der Waals surface area contributed by atoms with Gasteiger partial charge < -0.3 is 15.1 Å². The predicted octanol–water partition coefficient (Wildman–Crippen LogP) is 2.29. The molecule has 0 spiro atoms. The van der Waals surface area contributed by atoms with E-state index >= 15 is 0 Å². The predicted molar refractivity (Wildman–Crippen MR) is 92.9 cm³/mol. The van der Waals surface area contributed by atoms with Crippen molar-refractivity contribution in [1.82, 2.24) is 15.2 Å². The molecule has 0 atom stereocenters. The third-order valence-corrected chi connectivity index (χ3v) is 5.11. The summed E-state index contributed by atoms with van der Waals surface area (Å²) in [6.07, 6.45) is 9.53. The van der Waals surface area contributed by atoms with Crippen LogP contribution in [0.1, 0.15) is 49.4 Å². The molecule has 126 valence electrons. The van der Waals surface area contributed by atoms with Gasteiger partial charge in [0.25, 0.3) is 5.91 Å².